The predicted molar refractivity (Wildman–Crippen MR) is 92.1 cm³/mol. The molecular weight excluding hydrogens is 304 g/mol. The van der Waals surface area contributed by atoms with E-state index in [0.717, 1.165) is 22.0 Å². The smallest absolute Gasteiger partial charge is 0.326 e. The first kappa shape index (κ1) is 15.8. The number of aliphatic carboxylic acids is 1. The van der Waals surface area contributed by atoms with Crippen LogP contribution in [0.25, 0.3) is 10.9 Å². The van der Waals surface area contributed by atoms with Crippen molar-refractivity contribution in [3.05, 3.63) is 71.4 Å². The lowest BCUT2D eigenvalue weighted by molar-refractivity contribution is -0.139. The summed E-state index contributed by atoms with van der Waals surface area (Å²) in [6.45, 7) is 1.98. The van der Waals surface area contributed by atoms with Crippen molar-refractivity contribution in [3.63, 3.8) is 0 Å². The minimum atomic E-state index is -1.06. The first-order valence-corrected chi connectivity index (χ1v) is 7.70. The minimum absolute atomic E-state index is 0.237. The Kier molecular flexibility index (Phi) is 4.33. The Morgan fingerprint density at radius 2 is 1.88 bits per heavy atom. The molecule has 0 saturated carbocycles. The number of amides is 1. The number of rotatable bonds is 5. The molecule has 0 aliphatic carbocycles. The summed E-state index contributed by atoms with van der Waals surface area (Å²) in [4.78, 5) is 26.9. The van der Waals surface area contributed by atoms with Gasteiger partial charge in [-0.25, -0.2) is 4.79 Å². The number of carboxylic acids is 1. The lowest BCUT2D eigenvalue weighted by Crippen LogP contribution is -2.42. The molecular formula is C19H18N2O3. The van der Waals surface area contributed by atoms with Crippen LogP contribution in [0.1, 0.15) is 21.6 Å². The summed E-state index contributed by atoms with van der Waals surface area (Å²) in [5.74, 6) is -1.48. The van der Waals surface area contributed by atoms with Gasteiger partial charge in [0.15, 0.2) is 0 Å². The van der Waals surface area contributed by atoms with Gasteiger partial charge in [-0.2, -0.15) is 0 Å². The highest BCUT2D eigenvalue weighted by Gasteiger charge is 2.22. The molecule has 0 radical (unpaired) electrons. The molecule has 5 nitrogen and oxygen atoms in total. The van der Waals surface area contributed by atoms with Gasteiger partial charge >= 0.3 is 5.97 Å². The third-order valence-corrected chi connectivity index (χ3v) is 3.91. The van der Waals surface area contributed by atoms with E-state index in [2.05, 4.69) is 10.3 Å². The maximum atomic E-state index is 12.4. The molecule has 0 aliphatic heterocycles. The molecule has 1 aromatic heterocycles. The molecule has 0 fully saturated rings. The minimum Gasteiger partial charge on any atom is -0.480 e. The summed E-state index contributed by atoms with van der Waals surface area (Å²) >= 11 is 0. The molecule has 0 aliphatic rings. The molecule has 5 heteroatoms. The van der Waals surface area contributed by atoms with Gasteiger partial charge in [0.2, 0.25) is 0 Å². The van der Waals surface area contributed by atoms with Crippen LogP contribution < -0.4 is 5.32 Å². The van der Waals surface area contributed by atoms with Gasteiger partial charge in [-0.05, 0) is 30.7 Å². The normalized spacial score (nSPS) is 12.0. The van der Waals surface area contributed by atoms with E-state index < -0.39 is 17.9 Å². The molecule has 1 atom stereocenters. The molecule has 0 spiro atoms. The van der Waals surface area contributed by atoms with E-state index in [-0.39, 0.29) is 6.42 Å². The van der Waals surface area contributed by atoms with Crippen LogP contribution in [0.2, 0.25) is 0 Å². The summed E-state index contributed by atoms with van der Waals surface area (Å²) in [6.07, 6.45) is 0.237. The van der Waals surface area contributed by atoms with Crippen LogP contribution in [0.15, 0.2) is 54.6 Å². The molecule has 24 heavy (non-hydrogen) atoms. The van der Waals surface area contributed by atoms with Gasteiger partial charge in [-0.1, -0.05) is 42.0 Å². The number of H-pyrrole nitrogens is 1. The second-order valence-electron chi connectivity index (χ2n) is 5.83. The molecule has 122 valence electrons. The maximum Gasteiger partial charge on any atom is 0.326 e. The number of carboxylic acid groups (broad SMARTS) is 1. The zero-order valence-electron chi connectivity index (χ0n) is 13.2. The van der Waals surface area contributed by atoms with Gasteiger partial charge < -0.3 is 15.4 Å². The molecule has 0 saturated heterocycles. The lowest BCUT2D eigenvalue weighted by atomic mass is 10.1. The SMILES string of the molecule is Cc1ccc2[nH]c(C(=O)NC(Cc3ccccc3)C(=O)O)cc2c1. The van der Waals surface area contributed by atoms with E-state index in [0.29, 0.717) is 5.69 Å². The number of hydrogen-bond donors (Lipinski definition) is 3. The van der Waals surface area contributed by atoms with Crippen molar-refractivity contribution in [2.24, 2.45) is 0 Å². The summed E-state index contributed by atoms with van der Waals surface area (Å²) in [5, 5.41) is 12.9. The van der Waals surface area contributed by atoms with Crippen molar-refractivity contribution in [2.75, 3.05) is 0 Å². The Morgan fingerprint density at radius 3 is 2.58 bits per heavy atom. The fourth-order valence-corrected chi connectivity index (χ4v) is 2.66. The molecule has 1 unspecified atom stereocenters. The van der Waals surface area contributed by atoms with Crippen LogP contribution in [-0.4, -0.2) is 28.0 Å². The van der Waals surface area contributed by atoms with Gasteiger partial charge in [0.05, 0.1) is 0 Å². The number of carbonyl (C=O) groups is 2. The number of hydrogen-bond acceptors (Lipinski definition) is 2. The van der Waals surface area contributed by atoms with Crippen LogP contribution in [0.4, 0.5) is 0 Å². The van der Waals surface area contributed by atoms with E-state index in [1.54, 1.807) is 6.07 Å². The molecule has 1 amide bonds. The highest BCUT2D eigenvalue weighted by atomic mass is 16.4. The standard InChI is InChI=1S/C19H18N2O3/c1-12-7-8-15-14(9-12)11-16(20-15)18(22)21-17(19(23)24)10-13-5-3-2-4-6-13/h2-9,11,17,20H,10H2,1H3,(H,21,22)(H,23,24). The zero-order valence-corrected chi connectivity index (χ0v) is 13.2. The number of nitrogens with one attached hydrogen (secondary N) is 2. The number of fused-ring (bicyclic) bond motifs is 1. The van der Waals surface area contributed by atoms with E-state index in [9.17, 15) is 14.7 Å². The van der Waals surface area contributed by atoms with Crippen LogP contribution in [0, 0.1) is 6.92 Å². The number of aromatic nitrogens is 1. The van der Waals surface area contributed by atoms with Gasteiger partial charge in [-0.15, -0.1) is 0 Å². The Balaban J connectivity index is 1.78. The summed E-state index contributed by atoms with van der Waals surface area (Å²) in [6, 6.07) is 15.8. The van der Waals surface area contributed by atoms with Gasteiger partial charge in [0, 0.05) is 17.3 Å². The number of benzene rings is 2. The second-order valence-corrected chi connectivity index (χ2v) is 5.83. The van der Waals surface area contributed by atoms with Crippen LogP contribution in [0.5, 0.6) is 0 Å². The van der Waals surface area contributed by atoms with E-state index in [1.807, 2.05) is 55.5 Å². The number of carbonyl (C=O) groups excluding carboxylic acids is 1. The average Bonchev–Trinajstić information content (AvgIpc) is 2.98. The lowest BCUT2D eigenvalue weighted by Gasteiger charge is -2.14. The Morgan fingerprint density at radius 1 is 1.12 bits per heavy atom. The topological polar surface area (TPSA) is 82.2 Å². The molecule has 3 rings (SSSR count). The quantitative estimate of drug-likeness (QED) is 0.675. The summed E-state index contributed by atoms with van der Waals surface area (Å²) in [5.41, 5.74) is 3.16. The summed E-state index contributed by atoms with van der Waals surface area (Å²) < 4.78 is 0. The second kappa shape index (κ2) is 6.58. The average molecular weight is 322 g/mol. The van der Waals surface area contributed by atoms with E-state index in [4.69, 9.17) is 0 Å². The van der Waals surface area contributed by atoms with Crippen LogP contribution in [0.3, 0.4) is 0 Å². The third-order valence-electron chi connectivity index (χ3n) is 3.91. The van der Waals surface area contributed by atoms with Crippen molar-refractivity contribution in [1.82, 2.24) is 10.3 Å². The molecule has 2 aromatic carbocycles. The molecule has 3 aromatic rings. The Labute approximate surface area is 139 Å². The third kappa shape index (κ3) is 3.46. The van der Waals surface area contributed by atoms with Crippen molar-refractivity contribution >= 4 is 22.8 Å². The molecule has 3 N–H and O–H groups in total. The van der Waals surface area contributed by atoms with Crippen molar-refractivity contribution in [3.8, 4) is 0 Å². The van der Waals surface area contributed by atoms with E-state index in [1.165, 1.54) is 0 Å². The van der Waals surface area contributed by atoms with Gasteiger partial charge in [-0.3, -0.25) is 4.79 Å². The molecule has 1 heterocycles. The maximum absolute atomic E-state index is 12.4. The Hall–Kier alpha value is -3.08. The zero-order chi connectivity index (χ0) is 17.1. The first-order chi connectivity index (χ1) is 11.5. The van der Waals surface area contributed by atoms with Crippen molar-refractivity contribution in [1.29, 1.82) is 0 Å². The predicted octanol–water partition coefficient (Wildman–Crippen LogP) is 2.90. The number of aryl methyl sites for hydroxylation is 1. The molecule has 0 bridgehead atoms. The fraction of sp³-hybridized carbons (Fsp3) is 0.158. The highest BCUT2D eigenvalue weighted by molar-refractivity contribution is 5.99. The van der Waals surface area contributed by atoms with Gasteiger partial charge in [0.1, 0.15) is 11.7 Å². The first-order valence-electron chi connectivity index (χ1n) is 7.70. The largest absolute Gasteiger partial charge is 0.480 e. The number of aromatic amines is 1. The highest BCUT2D eigenvalue weighted by Crippen LogP contribution is 2.17. The van der Waals surface area contributed by atoms with Gasteiger partial charge in [0.25, 0.3) is 5.91 Å². The fourth-order valence-electron chi connectivity index (χ4n) is 2.66. The van der Waals surface area contributed by atoms with Crippen molar-refractivity contribution < 1.29 is 14.7 Å². The summed E-state index contributed by atoms with van der Waals surface area (Å²) in [7, 11) is 0. The monoisotopic (exact) mass is 322 g/mol. The van der Waals surface area contributed by atoms with E-state index >= 15 is 0 Å². The van der Waals surface area contributed by atoms with Crippen molar-refractivity contribution in [2.45, 2.75) is 19.4 Å². The van der Waals surface area contributed by atoms with Crippen LogP contribution in [-0.2, 0) is 11.2 Å². The van der Waals surface area contributed by atoms with Crippen LogP contribution >= 0.6 is 0 Å². The Bertz CT molecular complexity index is 884.